The van der Waals surface area contributed by atoms with E-state index in [1.165, 1.54) is 0 Å². The lowest BCUT2D eigenvalue weighted by molar-refractivity contribution is 0.268. The summed E-state index contributed by atoms with van der Waals surface area (Å²) >= 11 is 0. The Labute approximate surface area is 713 Å². The van der Waals surface area contributed by atoms with E-state index in [0.29, 0.717) is 54.3 Å². The highest BCUT2D eigenvalue weighted by atomic mass is 31.3. The minimum absolute atomic E-state index is 0.313. The molecular weight excluding hydrogens is 1590 g/mol. The summed E-state index contributed by atoms with van der Waals surface area (Å²) in [7, 11) is -7.79. The highest BCUT2D eigenvalue weighted by Crippen LogP contribution is 2.76. The maximum Gasteiger partial charge on any atom is 0.413 e. The summed E-state index contributed by atoms with van der Waals surface area (Å²) in [4.78, 5) is 0. The van der Waals surface area contributed by atoms with Crippen molar-refractivity contribution in [3.05, 3.63) is 140 Å². The SMILES string of the molecule is CCOc1cc(C(C)(C)C)c(OP2OP(Oc3c(C(C)(C)C)cc(OCC)cc3C(C)(C)C)OP(Oc3c(C(C)(C)C)cc(OCC)cc3C(C)(C)C)O2)c(C(C)(C)C)c1.COc1cc(C(C)(C)C)c(OP2OP(Oc3c(C(C)(C)C)cc(OC)cc3C(C)(C)C)OP(Oc3c(C(C)(C)C)cc(OC)cc3C(C)(C)C)O2)c(C(C)(C)C)c1. The lowest BCUT2D eigenvalue weighted by atomic mass is 9.79. The Balaban J connectivity index is 0.000000324. The second-order valence-electron chi connectivity index (χ2n) is 42.4. The van der Waals surface area contributed by atoms with Crippen molar-refractivity contribution in [3.63, 3.8) is 0 Å². The topological polar surface area (TPSA) is 166 Å². The standard InChI is InChI=1S/C48H75O9P3.C45H69O9P3/c1-22-49-31-25-34(43(4,5)6)40(35(26-31)44(7,8)9)52-58-55-59(53-41-36(45(10,11)12)27-32(50-23-2)28-37(41)46(13,14)15)57-60(56-58)54-42-38(47(16,17)18)29-33(51-24-3)30-39(42)48(19,20)21;1-40(2,3)31-22-28(46-19)23-32(41(4,5)6)37(31)49-55-52-56(50-38-33(42(7,8)9)24-29(47-20)25-34(38)43(10,11)12)54-57(53-55)51-39-35(44(13,14)15)26-30(48-21)27-36(39)45(16,17)18/h25-30H,22-24H2,1-21H3;22-27H,1-21H3. The van der Waals surface area contributed by atoms with Crippen LogP contribution in [0.15, 0.2) is 72.8 Å². The maximum atomic E-state index is 7.05. The van der Waals surface area contributed by atoms with Gasteiger partial charge in [-0.3, -0.25) is 0 Å². The molecule has 0 amide bonds. The summed E-state index contributed by atoms with van der Waals surface area (Å²) in [6.45, 7) is 85.5. The number of benzene rings is 6. The van der Waals surface area contributed by atoms with Crippen molar-refractivity contribution in [2.24, 2.45) is 0 Å². The Morgan fingerprint density at radius 3 is 0.376 bits per heavy atom. The van der Waals surface area contributed by atoms with Crippen molar-refractivity contribution in [2.45, 2.75) is 335 Å². The van der Waals surface area contributed by atoms with Gasteiger partial charge in [-0.15, -0.1) is 0 Å². The van der Waals surface area contributed by atoms with Crippen LogP contribution in [-0.2, 0) is 90.8 Å². The van der Waals surface area contributed by atoms with E-state index in [0.717, 1.165) is 101 Å². The molecule has 2 saturated heterocycles. The van der Waals surface area contributed by atoms with E-state index < -0.39 is 51.6 Å². The highest BCUT2D eigenvalue weighted by Gasteiger charge is 2.49. The number of rotatable bonds is 21. The molecule has 0 unspecified atom stereocenters. The van der Waals surface area contributed by atoms with E-state index in [4.69, 9.17) is 81.4 Å². The zero-order valence-corrected chi connectivity index (χ0v) is 84.4. The minimum atomic E-state index is -2.15. The summed E-state index contributed by atoms with van der Waals surface area (Å²) in [5.74, 6) is 8.73. The molecular formula is C93H144O18P6. The lowest BCUT2D eigenvalue weighted by Gasteiger charge is -2.36. The van der Waals surface area contributed by atoms with Gasteiger partial charge in [0.2, 0.25) is 0 Å². The molecule has 2 heterocycles. The Morgan fingerprint density at radius 1 is 0.188 bits per heavy atom. The first-order valence-electron chi connectivity index (χ1n) is 40.9. The molecule has 0 bridgehead atoms. The van der Waals surface area contributed by atoms with E-state index in [-0.39, 0.29) is 65.0 Å². The first kappa shape index (κ1) is 99.4. The fraction of sp³-hybridized carbons (Fsp3) is 0.613. The molecule has 6 aromatic carbocycles. The van der Waals surface area contributed by atoms with Gasteiger partial charge in [0.15, 0.2) is 0 Å². The molecule has 2 aliphatic rings. The first-order chi connectivity index (χ1) is 53.3. The molecule has 0 atom stereocenters. The Hall–Kier alpha value is -4.74. The van der Waals surface area contributed by atoms with Crippen LogP contribution in [0.1, 0.15) is 337 Å². The van der Waals surface area contributed by atoms with Crippen LogP contribution in [0, 0.1) is 0 Å². The van der Waals surface area contributed by atoms with Crippen LogP contribution >= 0.6 is 51.6 Å². The van der Waals surface area contributed by atoms with E-state index >= 15 is 0 Å². The van der Waals surface area contributed by atoms with Crippen LogP contribution in [-0.4, -0.2) is 41.2 Å². The summed E-state index contributed by atoms with van der Waals surface area (Å²) in [6, 6.07) is 24.6. The third-order valence-electron chi connectivity index (χ3n) is 19.5. The Kier molecular flexibility index (Phi) is 31.7. The average Bonchev–Trinajstić information content (AvgIpc) is 0.774. The van der Waals surface area contributed by atoms with Crippen LogP contribution < -0.4 is 55.6 Å². The third-order valence-corrected chi connectivity index (χ3v) is 27.9. The van der Waals surface area contributed by atoms with Crippen molar-refractivity contribution in [3.8, 4) is 69.0 Å². The van der Waals surface area contributed by atoms with Gasteiger partial charge in [-0.2, -0.15) is 0 Å². The van der Waals surface area contributed by atoms with Crippen molar-refractivity contribution >= 4 is 51.6 Å². The molecule has 0 spiro atoms. The zero-order valence-electron chi connectivity index (χ0n) is 79.1. The van der Waals surface area contributed by atoms with Gasteiger partial charge in [-0.25, -0.2) is 25.9 Å². The average molecular weight is 1740 g/mol. The van der Waals surface area contributed by atoms with Crippen molar-refractivity contribution in [2.75, 3.05) is 41.2 Å². The smallest absolute Gasteiger partial charge is 0.413 e. The molecule has 2 aliphatic heterocycles. The molecule has 0 aliphatic carbocycles. The summed E-state index contributed by atoms with van der Waals surface area (Å²) in [5, 5.41) is 0. The number of ether oxygens (including phenoxy) is 6. The quantitative estimate of drug-likeness (QED) is 0.0624. The molecule has 24 heteroatoms. The van der Waals surface area contributed by atoms with Gasteiger partial charge in [0.25, 0.3) is 0 Å². The van der Waals surface area contributed by atoms with E-state index in [1.807, 2.05) is 57.2 Å². The van der Waals surface area contributed by atoms with Gasteiger partial charge < -0.3 is 55.6 Å². The largest absolute Gasteiger partial charge is 0.497 e. The summed E-state index contributed by atoms with van der Waals surface area (Å²) in [6.07, 6.45) is 0. The summed E-state index contributed by atoms with van der Waals surface area (Å²) in [5.41, 5.74) is 7.85. The van der Waals surface area contributed by atoms with Crippen molar-refractivity contribution in [1.29, 1.82) is 0 Å². The molecule has 0 N–H and O–H groups in total. The van der Waals surface area contributed by atoms with Crippen LogP contribution in [0.4, 0.5) is 0 Å². The fourth-order valence-corrected chi connectivity index (χ4v) is 21.7. The van der Waals surface area contributed by atoms with Crippen LogP contribution in [0.2, 0.25) is 0 Å². The van der Waals surface area contributed by atoms with Gasteiger partial charge in [-0.1, -0.05) is 249 Å². The second-order valence-corrected chi connectivity index (χ2v) is 50.1. The lowest BCUT2D eigenvalue weighted by Crippen LogP contribution is -2.21. The third kappa shape index (κ3) is 25.9. The van der Waals surface area contributed by atoms with Gasteiger partial charge in [-0.05, 0) is 159 Å². The molecule has 0 saturated carbocycles. The monoisotopic (exact) mass is 1730 g/mol. The molecule has 654 valence electrons. The van der Waals surface area contributed by atoms with E-state index in [9.17, 15) is 0 Å². The maximum absolute atomic E-state index is 7.05. The first-order valence-corrected chi connectivity index (χ1v) is 47.4. The fourth-order valence-electron chi connectivity index (χ4n) is 13.1. The second kappa shape index (κ2) is 37.4. The Morgan fingerprint density at radius 2 is 0.291 bits per heavy atom. The normalized spacial score (nSPS) is 18.4. The number of hydrogen-bond donors (Lipinski definition) is 0. The van der Waals surface area contributed by atoms with Gasteiger partial charge in [0, 0.05) is 66.8 Å². The molecule has 0 aromatic heterocycles. The minimum Gasteiger partial charge on any atom is -0.497 e. The van der Waals surface area contributed by atoms with E-state index in [1.54, 1.807) is 21.3 Å². The highest BCUT2D eigenvalue weighted by molar-refractivity contribution is 7.70. The predicted molar refractivity (Wildman–Crippen MR) is 488 cm³/mol. The molecule has 18 nitrogen and oxygen atoms in total. The molecule has 0 radical (unpaired) electrons. The molecule has 2 fully saturated rings. The number of hydrogen-bond acceptors (Lipinski definition) is 18. The Bertz CT molecular complexity index is 3710. The van der Waals surface area contributed by atoms with Crippen LogP contribution in [0.5, 0.6) is 69.0 Å². The van der Waals surface area contributed by atoms with Gasteiger partial charge in [0.05, 0.1) is 41.2 Å². The van der Waals surface area contributed by atoms with Gasteiger partial charge >= 0.3 is 51.6 Å². The van der Waals surface area contributed by atoms with Gasteiger partial charge in [0.1, 0.15) is 69.0 Å². The summed E-state index contributed by atoms with van der Waals surface area (Å²) < 4.78 is 118. The molecule has 117 heavy (non-hydrogen) atoms. The van der Waals surface area contributed by atoms with E-state index in [2.05, 4.69) is 286 Å². The van der Waals surface area contributed by atoms with Crippen LogP contribution in [0.25, 0.3) is 0 Å². The molecule has 8 rings (SSSR count). The van der Waals surface area contributed by atoms with Crippen molar-refractivity contribution in [1.82, 2.24) is 0 Å². The number of methoxy groups -OCH3 is 3. The predicted octanol–water partition coefficient (Wildman–Crippen LogP) is 30.7. The van der Waals surface area contributed by atoms with Crippen LogP contribution in [0.3, 0.4) is 0 Å². The van der Waals surface area contributed by atoms with Crippen molar-refractivity contribution < 1.29 is 81.4 Å². The zero-order chi connectivity index (χ0) is 88.7. The molecule has 6 aromatic rings.